The Morgan fingerprint density at radius 2 is 1.68 bits per heavy atom. The summed E-state index contributed by atoms with van der Waals surface area (Å²) in [5, 5.41) is -3.11. The van der Waals surface area contributed by atoms with Crippen LogP contribution >= 0.6 is 11.6 Å². The van der Waals surface area contributed by atoms with Crippen LogP contribution in [-0.4, -0.2) is 23.4 Å². The van der Waals surface area contributed by atoms with Crippen molar-refractivity contribution >= 4 is 17.6 Å². The second kappa shape index (κ2) is 5.73. The SMILES string of the molecule is O=C(OCc1ccccc1)C(Cl)C(F)(F)C(F)(F)F. The molecule has 1 rings (SSSR count). The Morgan fingerprint density at radius 1 is 1.16 bits per heavy atom. The Balaban J connectivity index is 2.64. The van der Waals surface area contributed by atoms with Crippen LogP contribution in [0.2, 0.25) is 0 Å². The van der Waals surface area contributed by atoms with Gasteiger partial charge in [0.25, 0.3) is 0 Å². The van der Waals surface area contributed by atoms with Crippen molar-refractivity contribution < 1.29 is 31.5 Å². The Morgan fingerprint density at radius 3 is 2.16 bits per heavy atom. The molecular weight excluding hydrogens is 295 g/mol. The molecule has 8 heteroatoms. The summed E-state index contributed by atoms with van der Waals surface area (Å²) in [5.74, 6) is -7.17. The summed E-state index contributed by atoms with van der Waals surface area (Å²) in [6, 6.07) is 7.86. The molecule has 106 valence electrons. The van der Waals surface area contributed by atoms with Gasteiger partial charge in [-0.25, -0.2) is 0 Å². The summed E-state index contributed by atoms with van der Waals surface area (Å²) in [6.07, 6.45) is -5.91. The average Bonchev–Trinajstić information content (AvgIpc) is 2.34. The number of carbonyl (C=O) groups is 1. The molecule has 2 nitrogen and oxygen atoms in total. The summed E-state index contributed by atoms with van der Waals surface area (Å²) < 4.78 is 65.7. The third-order valence-electron chi connectivity index (χ3n) is 2.13. The first-order valence-corrected chi connectivity index (χ1v) is 5.39. The second-order valence-electron chi connectivity index (χ2n) is 3.58. The number of hydrogen-bond acceptors (Lipinski definition) is 2. The van der Waals surface area contributed by atoms with Crippen molar-refractivity contribution in [3.05, 3.63) is 35.9 Å². The average molecular weight is 303 g/mol. The van der Waals surface area contributed by atoms with E-state index in [0.717, 1.165) is 0 Å². The maximum absolute atomic E-state index is 12.7. The lowest BCUT2D eigenvalue weighted by atomic mass is 10.2. The molecular formula is C11H8ClF5O2. The fourth-order valence-corrected chi connectivity index (χ4v) is 1.28. The summed E-state index contributed by atoms with van der Waals surface area (Å²) in [5.41, 5.74) is 0.440. The predicted molar refractivity (Wildman–Crippen MR) is 56.9 cm³/mol. The van der Waals surface area contributed by atoms with E-state index in [9.17, 15) is 26.7 Å². The van der Waals surface area contributed by atoms with Crippen LogP contribution in [0.3, 0.4) is 0 Å². The normalized spacial score (nSPS) is 14.0. The number of esters is 1. The van der Waals surface area contributed by atoms with Crippen molar-refractivity contribution in [1.82, 2.24) is 0 Å². The molecule has 0 fully saturated rings. The molecule has 19 heavy (non-hydrogen) atoms. The van der Waals surface area contributed by atoms with Gasteiger partial charge in [-0.1, -0.05) is 30.3 Å². The fraction of sp³-hybridized carbons (Fsp3) is 0.364. The van der Waals surface area contributed by atoms with E-state index in [1.54, 1.807) is 18.2 Å². The van der Waals surface area contributed by atoms with Crippen molar-refractivity contribution in [3.8, 4) is 0 Å². The van der Waals surface area contributed by atoms with Crippen LogP contribution in [0, 0.1) is 0 Å². The standard InChI is InChI=1S/C11H8ClF5O2/c12-8(10(13,14)11(15,16)17)9(18)19-6-7-4-2-1-3-5-7/h1-5,8H,6H2. The largest absolute Gasteiger partial charge is 0.460 e. The van der Waals surface area contributed by atoms with Gasteiger partial charge in [-0.2, -0.15) is 22.0 Å². The second-order valence-corrected chi connectivity index (χ2v) is 4.01. The van der Waals surface area contributed by atoms with Gasteiger partial charge in [0.1, 0.15) is 6.61 Å². The van der Waals surface area contributed by atoms with Gasteiger partial charge in [-0.15, -0.1) is 11.6 Å². The van der Waals surface area contributed by atoms with Crippen molar-refractivity contribution in [2.24, 2.45) is 0 Å². The molecule has 0 radical (unpaired) electrons. The molecule has 1 unspecified atom stereocenters. The zero-order valence-corrected chi connectivity index (χ0v) is 10.0. The minimum absolute atomic E-state index is 0.434. The maximum Gasteiger partial charge on any atom is 0.455 e. The summed E-state index contributed by atoms with van der Waals surface area (Å²) >= 11 is 4.83. The molecule has 0 aliphatic heterocycles. The van der Waals surface area contributed by atoms with E-state index >= 15 is 0 Å². The van der Waals surface area contributed by atoms with Gasteiger partial charge in [0, 0.05) is 0 Å². The highest BCUT2D eigenvalue weighted by atomic mass is 35.5. The van der Waals surface area contributed by atoms with E-state index in [1.165, 1.54) is 12.1 Å². The predicted octanol–water partition coefficient (Wildman–Crippen LogP) is 3.53. The molecule has 0 saturated heterocycles. The van der Waals surface area contributed by atoms with E-state index in [4.69, 9.17) is 11.6 Å². The highest BCUT2D eigenvalue weighted by Gasteiger charge is 2.64. The van der Waals surface area contributed by atoms with Crippen LogP contribution < -0.4 is 0 Å². The monoisotopic (exact) mass is 302 g/mol. The molecule has 1 aromatic rings. The van der Waals surface area contributed by atoms with Crippen LogP contribution in [0.4, 0.5) is 22.0 Å². The van der Waals surface area contributed by atoms with Crippen LogP contribution in [0.1, 0.15) is 5.56 Å². The van der Waals surface area contributed by atoms with Crippen molar-refractivity contribution in [2.45, 2.75) is 24.1 Å². The zero-order valence-electron chi connectivity index (χ0n) is 9.26. The molecule has 1 aromatic carbocycles. The van der Waals surface area contributed by atoms with Gasteiger partial charge in [-0.05, 0) is 5.56 Å². The van der Waals surface area contributed by atoms with E-state index in [-0.39, 0.29) is 0 Å². The molecule has 0 N–H and O–H groups in total. The van der Waals surface area contributed by atoms with E-state index in [0.29, 0.717) is 5.56 Å². The first-order chi connectivity index (χ1) is 8.66. The van der Waals surface area contributed by atoms with Gasteiger partial charge in [0.05, 0.1) is 0 Å². The molecule has 0 aliphatic carbocycles. The number of rotatable bonds is 4. The van der Waals surface area contributed by atoms with Gasteiger partial charge in [0.2, 0.25) is 5.38 Å². The summed E-state index contributed by atoms with van der Waals surface area (Å²) in [6.45, 7) is -0.434. The Hall–Kier alpha value is -1.37. The van der Waals surface area contributed by atoms with Crippen molar-refractivity contribution in [1.29, 1.82) is 0 Å². The van der Waals surface area contributed by atoms with Crippen molar-refractivity contribution in [2.75, 3.05) is 0 Å². The van der Waals surface area contributed by atoms with Crippen LogP contribution in [0.15, 0.2) is 30.3 Å². The molecule has 0 heterocycles. The number of carbonyl (C=O) groups excluding carboxylic acids is 1. The van der Waals surface area contributed by atoms with Gasteiger partial charge in [0.15, 0.2) is 0 Å². The van der Waals surface area contributed by atoms with Crippen LogP contribution in [-0.2, 0) is 16.1 Å². The topological polar surface area (TPSA) is 26.3 Å². The zero-order chi connectivity index (χ0) is 14.7. The van der Waals surface area contributed by atoms with Gasteiger partial charge < -0.3 is 4.74 Å². The first kappa shape index (κ1) is 15.7. The number of hydrogen-bond donors (Lipinski definition) is 0. The molecule has 0 saturated carbocycles. The lowest BCUT2D eigenvalue weighted by molar-refractivity contribution is -0.282. The minimum atomic E-state index is -5.91. The van der Waals surface area contributed by atoms with E-state index < -0.39 is 30.1 Å². The molecule has 0 aliphatic rings. The number of halogens is 6. The lowest BCUT2D eigenvalue weighted by Gasteiger charge is -2.22. The molecule has 0 spiro atoms. The summed E-state index contributed by atoms with van der Waals surface area (Å²) in [4.78, 5) is 11.1. The van der Waals surface area contributed by atoms with E-state index in [1.807, 2.05) is 0 Å². The Labute approximate surface area is 110 Å². The molecule has 0 aromatic heterocycles. The molecule has 1 atom stereocenters. The van der Waals surface area contributed by atoms with Crippen LogP contribution in [0.5, 0.6) is 0 Å². The highest BCUT2D eigenvalue weighted by Crippen LogP contribution is 2.40. The maximum atomic E-state index is 12.7. The third-order valence-corrected chi connectivity index (χ3v) is 2.58. The van der Waals surface area contributed by atoms with Gasteiger partial charge in [-0.3, -0.25) is 4.79 Å². The van der Waals surface area contributed by atoms with Crippen LogP contribution in [0.25, 0.3) is 0 Å². The fourth-order valence-electron chi connectivity index (χ4n) is 1.09. The molecule has 0 amide bonds. The highest BCUT2D eigenvalue weighted by molar-refractivity contribution is 6.30. The number of benzene rings is 1. The van der Waals surface area contributed by atoms with Crippen molar-refractivity contribution in [3.63, 3.8) is 0 Å². The minimum Gasteiger partial charge on any atom is -0.460 e. The summed E-state index contributed by atoms with van der Waals surface area (Å²) in [7, 11) is 0. The van der Waals surface area contributed by atoms with Gasteiger partial charge >= 0.3 is 18.1 Å². The first-order valence-electron chi connectivity index (χ1n) is 4.95. The Kier molecular flexibility index (Phi) is 4.73. The number of alkyl halides is 6. The number of ether oxygens (including phenoxy) is 1. The quantitative estimate of drug-likeness (QED) is 0.483. The lowest BCUT2D eigenvalue weighted by Crippen LogP contribution is -2.48. The molecule has 0 bridgehead atoms. The Bertz CT molecular complexity index is 432. The third kappa shape index (κ3) is 3.79. The van der Waals surface area contributed by atoms with E-state index in [2.05, 4.69) is 4.74 Å². The smallest absolute Gasteiger partial charge is 0.455 e.